The van der Waals surface area contributed by atoms with Crippen LogP contribution in [-0.2, 0) is 4.74 Å². The minimum Gasteiger partial charge on any atom is -0.356 e. The highest BCUT2D eigenvalue weighted by Gasteiger charge is 2.18. The van der Waals surface area contributed by atoms with E-state index in [9.17, 15) is 0 Å². The van der Waals surface area contributed by atoms with Crippen molar-refractivity contribution >= 4 is 6.08 Å². The van der Waals surface area contributed by atoms with Crippen molar-refractivity contribution in [2.24, 2.45) is 0 Å². The summed E-state index contributed by atoms with van der Waals surface area (Å²) in [5.41, 5.74) is 0.803. The molecule has 1 atom stereocenters. The van der Waals surface area contributed by atoms with Gasteiger partial charge in [0.15, 0.2) is 6.23 Å². The molecule has 17 heavy (non-hydrogen) atoms. The van der Waals surface area contributed by atoms with Gasteiger partial charge in [-0.15, -0.1) is 0 Å². The molecule has 0 aromatic carbocycles. The number of allylic oxidation sites excluding steroid dienone is 1. The maximum absolute atomic E-state index is 8.72. The van der Waals surface area contributed by atoms with Gasteiger partial charge in [0, 0.05) is 12.8 Å². The van der Waals surface area contributed by atoms with E-state index in [-0.39, 0.29) is 11.8 Å². The van der Waals surface area contributed by atoms with E-state index >= 15 is 0 Å². The second-order valence-corrected chi connectivity index (χ2v) is 3.80. The van der Waals surface area contributed by atoms with Gasteiger partial charge in [-0.25, -0.2) is 4.68 Å². The van der Waals surface area contributed by atoms with E-state index in [0.29, 0.717) is 0 Å². The van der Waals surface area contributed by atoms with Crippen molar-refractivity contribution in [3.63, 3.8) is 0 Å². The number of ether oxygens (including phenoxy) is 1. The Morgan fingerprint density at radius 2 is 2.29 bits per heavy atom. The first kappa shape index (κ1) is 11.4. The smallest absolute Gasteiger partial charge is 0.150 e. The minimum absolute atomic E-state index is 0.0718. The monoisotopic (exact) mass is 228 g/mol. The predicted octanol–water partition coefficient (Wildman–Crippen LogP) is 2.01. The van der Waals surface area contributed by atoms with Crippen LogP contribution < -0.4 is 0 Å². The molecular formula is C12H12N4O. The predicted molar refractivity (Wildman–Crippen MR) is 60.3 cm³/mol. The highest BCUT2D eigenvalue weighted by Crippen LogP contribution is 2.23. The molecule has 0 radical (unpaired) electrons. The van der Waals surface area contributed by atoms with Crippen molar-refractivity contribution in [3.05, 3.63) is 23.5 Å². The second kappa shape index (κ2) is 5.29. The standard InChI is InChI=1S/C12H12N4O/c13-8-10(9-14)7-11-4-5-15-16(11)12-3-1-2-6-17-12/h4-5,7,12H,1-3,6H2/t12-/m0/s1. The van der Waals surface area contributed by atoms with Gasteiger partial charge in [0.1, 0.15) is 17.7 Å². The van der Waals surface area contributed by atoms with Crippen molar-refractivity contribution in [2.75, 3.05) is 6.61 Å². The third-order valence-electron chi connectivity index (χ3n) is 2.66. The average Bonchev–Trinajstić information content (AvgIpc) is 2.85. The Bertz CT molecular complexity index is 481. The summed E-state index contributed by atoms with van der Waals surface area (Å²) in [7, 11) is 0. The molecule has 1 aromatic rings. The molecule has 2 rings (SSSR count). The zero-order valence-corrected chi connectivity index (χ0v) is 9.33. The van der Waals surface area contributed by atoms with Gasteiger partial charge in [0.05, 0.1) is 5.69 Å². The maximum Gasteiger partial charge on any atom is 0.150 e. The Morgan fingerprint density at radius 1 is 1.47 bits per heavy atom. The molecule has 86 valence electrons. The van der Waals surface area contributed by atoms with E-state index in [2.05, 4.69) is 5.10 Å². The zero-order chi connectivity index (χ0) is 12.1. The molecule has 1 saturated heterocycles. The van der Waals surface area contributed by atoms with Crippen molar-refractivity contribution in [3.8, 4) is 12.1 Å². The molecule has 0 bridgehead atoms. The molecule has 0 aliphatic carbocycles. The Morgan fingerprint density at radius 3 is 2.94 bits per heavy atom. The Hall–Kier alpha value is -2.11. The van der Waals surface area contributed by atoms with Crippen LogP contribution in [0, 0.1) is 22.7 Å². The van der Waals surface area contributed by atoms with Crippen LogP contribution in [0.3, 0.4) is 0 Å². The Kier molecular flexibility index (Phi) is 3.54. The van der Waals surface area contributed by atoms with E-state index < -0.39 is 0 Å². The van der Waals surface area contributed by atoms with Crippen molar-refractivity contribution in [2.45, 2.75) is 25.5 Å². The summed E-state index contributed by atoms with van der Waals surface area (Å²) in [6, 6.07) is 5.45. The van der Waals surface area contributed by atoms with Crippen LogP contribution in [-0.4, -0.2) is 16.4 Å². The SMILES string of the molecule is N#CC(C#N)=Cc1ccnn1[C@@H]1CCCCO1. The summed E-state index contributed by atoms with van der Waals surface area (Å²) in [5.74, 6) is 0. The molecule has 0 amide bonds. The molecule has 0 saturated carbocycles. The minimum atomic E-state index is -0.0800. The number of hydrogen-bond acceptors (Lipinski definition) is 4. The number of nitrogens with zero attached hydrogens (tertiary/aromatic N) is 4. The third kappa shape index (κ3) is 2.52. The van der Waals surface area contributed by atoms with E-state index in [1.165, 1.54) is 6.08 Å². The zero-order valence-electron chi connectivity index (χ0n) is 9.33. The Labute approximate surface area is 99.5 Å². The Balaban J connectivity index is 2.26. The van der Waals surface area contributed by atoms with Crippen molar-refractivity contribution in [1.82, 2.24) is 9.78 Å². The normalized spacial score (nSPS) is 19.1. The number of hydrogen-bond donors (Lipinski definition) is 0. The number of aromatic nitrogens is 2. The van der Waals surface area contributed by atoms with Crippen LogP contribution >= 0.6 is 0 Å². The lowest BCUT2D eigenvalue weighted by atomic mass is 10.2. The van der Waals surface area contributed by atoms with Crippen molar-refractivity contribution < 1.29 is 4.74 Å². The number of nitriles is 2. The van der Waals surface area contributed by atoms with Gasteiger partial charge < -0.3 is 4.74 Å². The topological polar surface area (TPSA) is 74.6 Å². The molecule has 1 fully saturated rings. The first-order chi connectivity index (χ1) is 8.35. The van der Waals surface area contributed by atoms with Crippen LogP contribution in [0.4, 0.5) is 0 Å². The summed E-state index contributed by atoms with van der Waals surface area (Å²) < 4.78 is 7.35. The molecule has 1 aromatic heterocycles. The second-order valence-electron chi connectivity index (χ2n) is 3.80. The molecule has 0 unspecified atom stereocenters. The molecule has 2 heterocycles. The highest BCUT2D eigenvalue weighted by molar-refractivity contribution is 5.59. The molecular weight excluding hydrogens is 216 g/mol. The van der Waals surface area contributed by atoms with Gasteiger partial charge >= 0.3 is 0 Å². The van der Waals surface area contributed by atoms with Crippen LogP contribution in [0.15, 0.2) is 17.8 Å². The fraction of sp³-hybridized carbons (Fsp3) is 0.417. The van der Waals surface area contributed by atoms with Gasteiger partial charge in [-0.1, -0.05) is 0 Å². The molecule has 1 aliphatic rings. The summed E-state index contributed by atoms with van der Waals surface area (Å²) in [5, 5.41) is 21.6. The highest BCUT2D eigenvalue weighted by atomic mass is 16.5. The molecule has 0 spiro atoms. The lowest BCUT2D eigenvalue weighted by molar-refractivity contribution is -0.0398. The fourth-order valence-electron chi connectivity index (χ4n) is 1.83. The van der Waals surface area contributed by atoms with Gasteiger partial charge in [-0.2, -0.15) is 15.6 Å². The lowest BCUT2D eigenvalue weighted by Crippen LogP contribution is -2.20. The average molecular weight is 228 g/mol. The van der Waals surface area contributed by atoms with Gasteiger partial charge in [-0.3, -0.25) is 0 Å². The van der Waals surface area contributed by atoms with Crippen LogP contribution in [0.5, 0.6) is 0 Å². The molecule has 5 nitrogen and oxygen atoms in total. The summed E-state index contributed by atoms with van der Waals surface area (Å²) >= 11 is 0. The van der Waals surface area contributed by atoms with Gasteiger partial charge in [0.25, 0.3) is 0 Å². The van der Waals surface area contributed by atoms with Crippen molar-refractivity contribution in [1.29, 1.82) is 10.5 Å². The lowest BCUT2D eigenvalue weighted by Gasteiger charge is -2.23. The molecule has 0 N–H and O–H groups in total. The van der Waals surface area contributed by atoms with E-state index in [1.807, 2.05) is 12.1 Å². The first-order valence-corrected chi connectivity index (χ1v) is 5.52. The van der Waals surface area contributed by atoms with Crippen LogP contribution in [0.2, 0.25) is 0 Å². The maximum atomic E-state index is 8.72. The molecule has 1 aliphatic heterocycles. The van der Waals surface area contributed by atoms with E-state index in [1.54, 1.807) is 16.9 Å². The first-order valence-electron chi connectivity index (χ1n) is 5.52. The van der Waals surface area contributed by atoms with E-state index in [4.69, 9.17) is 15.3 Å². The summed E-state index contributed by atoms with van der Waals surface area (Å²) in [4.78, 5) is 0. The summed E-state index contributed by atoms with van der Waals surface area (Å²) in [6.07, 6.45) is 6.20. The van der Waals surface area contributed by atoms with E-state index in [0.717, 1.165) is 31.6 Å². The number of rotatable bonds is 2. The van der Waals surface area contributed by atoms with Crippen LogP contribution in [0.1, 0.15) is 31.2 Å². The van der Waals surface area contributed by atoms with Gasteiger partial charge in [0.2, 0.25) is 0 Å². The van der Waals surface area contributed by atoms with Crippen LogP contribution in [0.25, 0.3) is 6.08 Å². The quantitative estimate of drug-likeness (QED) is 0.725. The van der Waals surface area contributed by atoms with Gasteiger partial charge in [-0.05, 0) is 31.4 Å². The fourth-order valence-corrected chi connectivity index (χ4v) is 1.83. The third-order valence-corrected chi connectivity index (χ3v) is 2.66. The largest absolute Gasteiger partial charge is 0.356 e. The molecule has 5 heteroatoms. The summed E-state index contributed by atoms with van der Waals surface area (Å²) in [6.45, 7) is 0.733.